The SMILES string of the molecule is Cc1ccc(-c2nc3c(N)cc(C4CCCN4C=O)cn3n2)o1. The fraction of sp³-hybridized carbons (Fsp3) is 0.312. The van der Waals surface area contributed by atoms with Gasteiger partial charge in [0.2, 0.25) is 12.2 Å². The van der Waals surface area contributed by atoms with Gasteiger partial charge in [0, 0.05) is 12.7 Å². The average Bonchev–Trinajstić information content (AvgIpc) is 3.24. The van der Waals surface area contributed by atoms with E-state index in [-0.39, 0.29) is 6.04 Å². The Kier molecular flexibility index (Phi) is 3.07. The summed E-state index contributed by atoms with van der Waals surface area (Å²) < 4.78 is 7.24. The molecule has 1 atom stereocenters. The number of anilines is 1. The standard InChI is InChI=1S/C16H17N5O2/c1-10-4-5-14(23-10)15-18-16-12(17)7-11(8-21(16)19-15)13-3-2-6-20(13)9-22/h4-5,7-9,13H,2-3,6,17H2,1H3. The van der Waals surface area contributed by atoms with Crippen LogP contribution in [0.4, 0.5) is 5.69 Å². The zero-order chi connectivity index (χ0) is 16.0. The summed E-state index contributed by atoms with van der Waals surface area (Å²) in [6.07, 6.45) is 4.72. The van der Waals surface area contributed by atoms with Crippen molar-refractivity contribution in [1.29, 1.82) is 0 Å². The van der Waals surface area contributed by atoms with E-state index < -0.39 is 0 Å². The Morgan fingerprint density at radius 1 is 1.43 bits per heavy atom. The van der Waals surface area contributed by atoms with Crippen LogP contribution in [0.2, 0.25) is 0 Å². The highest BCUT2D eigenvalue weighted by molar-refractivity contribution is 5.68. The monoisotopic (exact) mass is 311 g/mol. The first-order chi connectivity index (χ1) is 11.2. The van der Waals surface area contributed by atoms with Gasteiger partial charge in [-0.15, -0.1) is 5.10 Å². The number of hydrogen-bond donors (Lipinski definition) is 1. The minimum atomic E-state index is 0.0534. The molecule has 23 heavy (non-hydrogen) atoms. The maximum absolute atomic E-state index is 11.2. The van der Waals surface area contributed by atoms with Crippen molar-refractivity contribution in [3.63, 3.8) is 0 Å². The van der Waals surface area contributed by atoms with Crippen LogP contribution in [0.3, 0.4) is 0 Å². The highest BCUT2D eigenvalue weighted by Crippen LogP contribution is 2.32. The second-order valence-electron chi connectivity index (χ2n) is 5.84. The van der Waals surface area contributed by atoms with Crippen molar-refractivity contribution >= 4 is 17.7 Å². The van der Waals surface area contributed by atoms with Gasteiger partial charge in [0.05, 0.1) is 11.7 Å². The number of furan rings is 1. The van der Waals surface area contributed by atoms with E-state index >= 15 is 0 Å². The van der Waals surface area contributed by atoms with E-state index in [1.165, 1.54) is 0 Å². The van der Waals surface area contributed by atoms with E-state index in [1.807, 2.05) is 31.3 Å². The van der Waals surface area contributed by atoms with E-state index in [0.717, 1.165) is 37.1 Å². The molecule has 1 fully saturated rings. The number of pyridine rings is 1. The molecule has 7 heteroatoms. The lowest BCUT2D eigenvalue weighted by molar-refractivity contribution is -0.118. The summed E-state index contributed by atoms with van der Waals surface area (Å²) in [5.74, 6) is 1.92. The number of aromatic nitrogens is 3. The Bertz CT molecular complexity index is 882. The van der Waals surface area contributed by atoms with Gasteiger partial charge in [0.1, 0.15) is 5.76 Å². The second-order valence-corrected chi connectivity index (χ2v) is 5.84. The maximum Gasteiger partial charge on any atom is 0.217 e. The molecule has 3 aromatic heterocycles. The lowest BCUT2D eigenvalue weighted by Gasteiger charge is -2.20. The van der Waals surface area contributed by atoms with Crippen LogP contribution in [0.5, 0.6) is 0 Å². The van der Waals surface area contributed by atoms with Crippen molar-refractivity contribution in [2.45, 2.75) is 25.8 Å². The van der Waals surface area contributed by atoms with Gasteiger partial charge >= 0.3 is 0 Å². The van der Waals surface area contributed by atoms with E-state index in [2.05, 4.69) is 10.1 Å². The third-order valence-electron chi connectivity index (χ3n) is 4.26. The molecule has 118 valence electrons. The normalized spacial score (nSPS) is 18.0. The number of fused-ring (bicyclic) bond motifs is 1. The number of hydrogen-bond acceptors (Lipinski definition) is 5. The van der Waals surface area contributed by atoms with Crippen LogP contribution in [0.25, 0.3) is 17.2 Å². The quantitative estimate of drug-likeness (QED) is 0.749. The smallest absolute Gasteiger partial charge is 0.217 e. The number of amides is 1. The van der Waals surface area contributed by atoms with E-state index in [1.54, 1.807) is 9.42 Å². The Morgan fingerprint density at radius 3 is 3.04 bits per heavy atom. The molecule has 0 saturated carbocycles. The second kappa shape index (κ2) is 5.12. The highest BCUT2D eigenvalue weighted by atomic mass is 16.3. The van der Waals surface area contributed by atoms with Crippen LogP contribution in [0.15, 0.2) is 28.8 Å². The first-order valence-corrected chi connectivity index (χ1v) is 7.59. The van der Waals surface area contributed by atoms with Crippen molar-refractivity contribution in [3.05, 3.63) is 35.7 Å². The fourth-order valence-electron chi connectivity index (χ4n) is 3.15. The third kappa shape index (κ3) is 2.25. The maximum atomic E-state index is 11.2. The van der Waals surface area contributed by atoms with Crippen molar-refractivity contribution < 1.29 is 9.21 Å². The number of aryl methyl sites for hydroxylation is 1. The lowest BCUT2D eigenvalue weighted by atomic mass is 10.1. The summed E-state index contributed by atoms with van der Waals surface area (Å²) in [5, 5.41) is 4.47. The molecule has 0 aromatic carbocycles. The fourth-order valence-corrected chi connectivity index (χ4v) is 3.15. The first-order valence-electron chi connectivity index (χ1n) is 7.59. The molecular formula is C16H17N5O2. The van der Waals surface area contributed by atoms with Gasteiger partial charge < -0.3 is 15.1 Å². The Morgan fingerprint density at radius 2 is 2.30 bits per heavy atom. The highest BCUT2D eigenvalue weighted by Gasteiger charge is 2.26. The van der Waals surface area contributed by atoms with Gasteiger partial charge in [0.15, 0.2) is 11.4 Å². The van der Waals surface area contributed by atoms with E-state index in [0.29, 0.717) is 22.9 Å². The molecule has 0 aliphatic carbocycles. The number of nitrogens with zero attached hydrogens (tertiary/aromatic N) is 4. The zero-order valence-corrected chi connectivity index (χ0v) is 12.8. The Balaban J connectivity index is 1.79. The molecular weight excluding hydrogens is 294 g/mol. The minimum absolute atomic E-state index is 0.0534. The minimum Gasteiger partial charge on any atom is -0.458 e. The van der Waals surface area contributed by atoms with Gasteiger partial charge in [-0.2, -0.15) is 0 Å². The summed E-state index contributed by atoms with van der Waals surface area (Å²) in [7, 11) is 0. The summed E-state index contributed by atoms with van der Waals surface area (Å²) >= 11 is 0. The van der Waals surface area contributed by atoms with Crippen molar-refractivity contribution in [1.82, 2.24) is 19.5 Å². The molecule has 1 unspecified atom stereocenters. The zero-order valence-electron chi connectivity index (χ0n) is 12.8. The third-order valence-corrected chi connectivity index (χ3v) is 4.26. The van der Waals surface area contributed by atoms with Gasteiger partial charge in [-0.1, -0.05) is 0 Å². The Hall–Kier alpha value is -2.83. The molecule has 0 spiro atoms. The number of carbonyl (C=O) groups is 1. The topological polar surface area (TPSA) is 89.7 Å². The summed E-state index contributed by atoms with van der Waals surface area (Å²) in [4.78, 5) is 17.4. The molecule has 4 rings (SSSR count). The van der Waals surface area contributed by atoms with Crippen molar-refractivity contribution in [3.8, 4) is 11.6 Å². The van der Waals surface area contributed by atoms with Gasteiger partial charge in [0.25, 0.3) is 0 Å². The molecule has 1 amide bonds. The predicted molar refractivity (Wildman–Crippen MR) is 84.6 cm³/mol. The number of rotatable bonds is 3. The van der Waals surface area contributed by atoms with Crippen molar-refractivity contribution in [2.75, 3.05) is 12.3 Å². The molecule has 3 aromatic rings. The molecule has 0 radical (unpaired) electrons. The Labute approximate surface area is 132 Å². The average molecular weight is 311 g/mol. The predicted octanol–water partition coefficient (Wildman–Crippen LogP) is 2.17. The van der Waals surface area contributed by atoms with E-state index in [9.17, 15) is 4.79 Å². The molecule has 4 heterocycles. The largest absolute Gasteiger partial charge is 0.458 e. The van der Waals surface area contributed by atoms with Crippen LogP contribution in [-0.4, -0.2) is 32.5 Å². The number of nitrogen functional groups attached to an aromatic ring is 1. The van der Waals surface area contributed by atoms with Crippen LogP contribution < -0.4 is 5.73 Å². The summed E-state index contributed by atoms with van der Waals surface area (Å²) in [6, 6.07) is 5.65. The van der Waals surface area contributed by atoms with Gasteiger partial charge in [-0.3, -0.25) is 4.79 Å². The first kappa shape index (κ1) is 13.8. The molecule has 1 aliphatic heterocycles. The molecule has 7 nitrogen and oxygen atoms in total. The number of likely N-dealkylation sites (tertiary alicyclic amines) is 1. The van der Waals surface area contributed by atoms with Gasteiger partial charge in [-0.05, 0) is 43.5 Å². The lowest BCUT2D eigenvalue weighted by Crippen LogP contribution is -2.21. The van der Waals surface area contributed by atoms with Crippen LogP contribution in [0.1, 0.15) is 30.2 Å². The summed E-state index contributed by atoms with van der Waals surface area (Å²) in [5.41, 5.74) is 8.26. The van der Waals surface area contributed by atoms with Gasteiger partial charge in [-0.25, -0.2) is 9.50 Å². The molecule has 1 saturated heterocycles. The number of nitrogens with two attached hydrogens (primary N) is 1. The van der Waals surface area contributed by atoms with Crippen LogP contribution >= 0.6 is 0 Å². The molecule has 1 aliphatic rings. The van der Waals surface area contributed by atoms with E-state index in [4.69, 9.17) is 10.2 Å². The molecule has 0 bridgehead atoms. The van der Waals surface area contributed by atoms with Crippen LogP contribution in [-0.2, 0) is 4.79 Å². The summed E-state index contributed by atoms with van der Waals surface area (Å²) in [6.45, 7) is 2.65. The number of carbonyl (C=O) groups excluding carboxylic acids is 1. The van der Waals surface area contributed by atoms with Crippen LogP contribution in [0, 0.1) is 6.92 Å². The van der Waals surface area contributed by atoms with Crippen molar-refractivity contribution in [2.24, 2.45) is 0 Å². The molecule has 2 N–H and O–H groups in total.